The second kappa shape index (κ2) is 5.56. The highest BCUT2D eigenvalue weighted by Crippen LogP contribution is 2.25. The third-order valence-corrected chi connectivity index (χ3v) is 3.89. The summed E-state index contributed by atoms with van der Waals surface area (Å²) >= 11 is 1.68. The third kappa shape index (κ3) is 2.50. The summed E-state index contributed by atoms with van der Waals surface area (Å²) in [6.45, 7) is 1.93. The lowest BCUT2D eigenvalue weighted by Crippen LogP contribution is -2.09. The van der Waals surface area contributed by atoms with E-state index >= 15 is 0 Å². The van der Waals surface area contributed by atoms with Crippen molar-refractivity contribution in [2.75, 3.05) is 5.32 Å². The fourth-order valence-corrected chi connectivity index (χ4v) is 2.87. The molecule has 4 nitrogen and oxygen atoms in total. The number of rotatable bonds is 4. The molecule has 0 spiro atoms. The molecule has 0 radical (unpaired) electrons. The van der Waals surface area contributed by atoms with E-state index in [-0.39, 0.29) is 12.6 Å². The van der Waals surface area contributed by atoms with Gasteiger partial charge in [-0.1, -0.05) is 12.1 Å². The van der Waals surface area contributed by atoms with Crippen molar-refractivity contribution in [3.8, 4) is 0 Å². The molecule has 5 heteroatoms. The minimum atomic E-state index is -0.160. The van der Waals surface area contributed by atoms with Gasteiger partial charge in [-0.2, -0.15) is 11.3 Å². The lowest BCUT2D eigenvalue weighted by atomic mass is 10.1. The molecule has 1 aromatic carbocycles. The second-order valence-corrected chi connectivity index (χ2v) is 5.37. The Morgan fingerprint density at radius 3 is 2.85 bits per heavy atom. The average molecular weight is 285 g/mol. The van der Waals surface area contributed by atoms with Gasteiger partial charge in [0.05, 0.1) is 11.6 Å². The maximum Gasteiger partial charge on any atom is 0.156 e. The van der Waals surface area contributed by atoms with Crippen molar-refractivity contribution in [1.82, 2.24) is 9.97 Å². The predicted octanol–water partition coefficient (Wildman–Crippen LogP) is 3.36. The normalized spacial score (nSPS) is 12.5. The molecule has 0 fully saturated rings. The van der Waals surface area contributed by atoms with Gasteiger partial charge in [-0.25, -0.2) is 9.97 Å². The molecular formula is C15H15N3OS. The van der Waals surface area contributed by atoms with E-state index in [2.05, 4.69) is 39.0 Å². The number of aliphatic hydroxyl groups excluding tert-OH is 1. The molecule has 0 aliphatic heterocycles. The van der Waals surface area contributed by atoms with Crippen molar-refractivity contribution in [3.63, 3.8) is 0 Å². The van der Waals surface area contributed by atoms with Gasteiger partial charge >= 0.3 is 0 Å². The molecule has 2 aromatic heterocycles. The molecule has 0 amide bonds. The van der Waals surface area contributed by atoms with Crippen LogP contribution in [-0.2, 0) is 6.61 Å². The number of benzene rings is 1. The molecule has 2 N–H and O–H groups in total. The quantitative estimate of drug-likeness (QED) is 0.771. The van der Waals surface area contributed by atoms with E-state index in [1.807, 2.05) is 24.3 Å². The minimum Gasteiger partial charge on any atom is -0.388 e. The van der Waals surface area contributed by atoms with Gasteiger partial charge < -0.3 is 10.4 Å². The van der Waals surface area contributed by atoms with E-state index in [9.17, 15) is 5.11 Å². The van der Waals surface area contributed by atoms with Crippen LogP contribution in [0, 0.1) is 0 Å². The van der Waals surface area contributed by atoms with Gasteiger partial charge in [0.15, 0.2) is 5.82 Å². The highest BCUT2D eigenvalue weighted by Gasteiger charge is 2.11. The van der Waals surface area contributed by atoms with E-state index in [1.165, 1.54) is 5.56 Å². The zero-order chi connectivity index (χ0) is 13.9. The first-order chi connectivity index (χ1) is 9.78. The van der Waals surface area contributed by atoms with Crippen LogP contribution >= 0.6 is 11.3 Å². The van der Waals surface area contributed by atoms with Crippen LogP contribution in [0.2, 0.25) is 0 Å². The number of fused-ring (bicyclic) bond motifs is 1. The van der Waals surface area contributed by atoms with Gasteiger partial charge in [-0.05, 0) is 41.4 Å². The minimum absolute atomic E-state index is 0.158. The number of anilines is 1. The predicted molar refractivity (Wildman–Crippen MR) is 81.8 cm³/mol. The highest BCUT2D eigenvalue weighted by atomic mass is 32.1. The van der Waals surface area contributed by atoms with E-state index in [1.54, 1.807) is 11.3 Å². The lowest BCUT2D eigenvalue weighted by Gasteiger charge is -2.15. The molecule has 1 unspecified atom stereocenters. The summed E-state index contributed by atoms with van der Waals surface area (Å²) in [6, 6.07) is 10.1. The Morgan fingerprint density at radius 1 is 1.25 bits per heavy atom. The van der Waals surface area contributed by atoms with Crippen molar-refractivity contribution < 1.29 is 5.11 Å². The number of aromatic nitrogens is 2. The topological polar surface area (TPSA) is 58.0 Å². The molecular weight excluding hydrogens is 270 g/mol. The van der Waals surface area contributed by atoms with Crippen LogP contribution in [0.4, 0.5) is 5.82 Å². The summed E-state index contributed by atoms with van der Waals surface area (Å²) in [6.07, 6.45) is 0. The molecule has 0 aliphatic rings. The monoisotopic (exact) mass is 285 g/mol. The summed E-state index contributed by atoms with van der Waals surface area (Å²) in [5.74, 6) is 1.20. The molecule has 1 atom stereocenters. The van der Waals surface area contributed by atoms with Gasteiger partial charge in [-0.3, -0.25) is 0 Å². The number of hydrogen-bond donors (Lipinski definition) is 2. The molecule has 3 rings (SSSR count). The molecule has 0 saturated carbocycles. The third-order valence-electron chi connectivity index (χ3n) is 3.19. The maximum absolute atomic E-state index is 9.29. The van der Waals surface area contributed by atoms with Gasteiger partial charge in [0, 0.05) is 5.39 Å². The number of aliphatic hydroxyl groups is 1. The first-order valence-corrected chi connectivity index (χ1v) is 7.37. The summed E-state index contributed by atoms with van der Waals surface area (Å²) in [4.78, 5) is 8.73. The van der Waals surface area contributed by atoms with Crippen LogP contribution in [0.5, 0.6) is 0 Å². The molecule has 3 aromatic rings. The maximum atomic E-state index is 9.29. The van der Waals surface area contributed by atoms with Crippen molar-refractivity contribution in [1.29, 1.82) is 0 Å². The van der Waals surface area contributed by atoms with Crippen molar-refractivity contribution >= 4 is 28.1 Å². The zero-order valence-corrected chi connectivity index (χ0v) is 11.9. The van der Waals surface area contributed by atoms with Gasteiger partial charge in [0.2, 0.25) is 0 Å². The Bertz CT molecular complexity index is 712. The van der Waals surface area contributed by atoms with Gasteiger partial charge in [0.1, 0.15) is 12.4 Å². The fraction of sp³-hybridized carbons (Fsp3) is 0.200. The Balaban J connectivity index is 2.01. The van der Waals surface area contributed by atoms with Gasteiger partial charge in [-0.15, -0.1) is 0 Å². The summed E-state index contributed by atoms with van der Waals surface area (Å²) in [5.41, 5.74) is 2.06. The van der Waals surface area contributed by atoms with Crippen LogP contribution in [-0.4, -0.2) is 15.1 Å². The molecule has 0 bridgehead atoms. The Labute approximate surface area is 121 Å². The van der Waals surface area contributed by atoms with E-state index < -0.39 is 0 Å². The number of thiophene rings is 1. The average Bonchev–Trinajstić information content (AvgIpc) is 3.01. The van der Waals surface area contributed by atoms with Crippen LogP contribution in [0.15, 0.2) is 41.1 Å². The molecule has 0 aliphatic carbocycles. The van der Waals surface area contributed by atoms with Crippen LogP contribution in [0.3, 0.4) is 0 Å². The van der Waals surface area contributed by atoms with Gasteiger partial charge in [0.25, 0.3) is 0 Å². The standard InChI is InChI=1S/C15H15N3OS/c1-10(11-6-7-20-9-11)16-15-12-4-2-3-5-13(12)17-14(8-19)18-15/h2-7,9-10,19H,8H2,1H3,(H,16,17,18). The van der Waals surface area contributed by atoms with E-state index in [0.717, 1.165) is 16.7 Å². The number of nitrogens with zero attached hydrogens (tertiary/aromatic N) is 2. The van der Waals surface area contributed by atoms with Crippen molar-refractivity contribution in [2.24, 2.45) is 0 Å². The number of hydrogen-bond acceptors (Lipinski definition) is 5. The van der Waals surface area contributed by atoms with Crippen molar-refractivity contribution in [3.05, 3.63) is 52.5 Å². The van der Waals surface area contributed by atoms with E-state index in [4.69, 9.17) is 0 Å². The second-order valence-electron chi connectivity index (χ2n) is 4.59. The first-order valence-electron chi connectivity index (χ1n) is 6.43. The van der Waals surface area contributed by atoms with Crippen LogP contribution < -0.4 is 5.32 Å². The fourth-order valence-electron chi connectivity index (χ4n) is 2.12. The zero-order valence-electron chi connectivity index (χ0n) is 11.1. The SMILES string of the molecule is CC(Nc1nc(CO)nc2ccccc12)c1ccsc1. The van der Waals surface area contributed by atoms with E-state index in [0.29, 0.717) is 5.82 Å². The summed E-state index contributed by atoms with van der Waals surface area (Å²) in [5, 5.41) is 17.8. The summed E-state index contributed by atoms with van der Waals surface area (Å²) < 4.78 is 0. The Hall–Kier alpha value is -1.98. The number of nitrogens with one attached hydrogen (secondary N) is 1. The molecule has 102 valence electrons. The van der Waals surface area contributed by atoms with Crippen LogP contribution in [0.1, 0.15) is 24.4 Å². The number of para-hydroxylation sites is 1. The molecule has 20 heavy (non-hydrogen) atoms. The Morgan fingerprint density at radius 2 is 2.10 bits per heavy atom. The first kappa shape index (κ1) is 13.0. The van der Waals surface area contributed by atoms with Crippen LogP contribution in [0.25, 0.3) is 10.9 Å². The van der Waals surface area contributed by atoms with Crippen molar-refractivity contribution in [2.45, 2.75) is 19.6 Å². The Kier molecular flexibility index (Phi) is 3.62. The smallest absolute Gasteiger partial charge is 0.156 e. The molecule has 0 saturated heterocycles. The molecule has 2 heterocycles. The largest absolute Gasteiger partial charge is 0.388 e. The summed E-state index contributed by atoms with van der Waals surface area (Å²) in [7, 11) is 0. The lowest BCUT2D eigenvalue weighted by molar-refractivity contribution is 0.272. The highest BCUT2D eigenvalue weighted by molar-refractivity contribution is 7.08.